The second kappa shape index (κ2) is 7.99. The van der Waals surface area contributed by atoms with Gasteiger partial charge >= 0.3 is 0 Å². The number of hydrogen-bond donors (Lipinski definition) is 0. The molecule has 0 fully saturated rings. The molecule has 0 radical (unpaired) electrons. The van der Waals surface area contributed by atoms with Gasteiger partial charge in [-0.2, -0.15) is 5.10 Å². The molecular weight excluding hydrogens is 386 g/mol. The summed E-state index contributed by atoms with van der Waals surface area (Å²) in [5.74, 6) is 1.77. The lowest BCUT2D eigenvalue weighted by Crippen LogP contribution is -2.33. The van der Waals surface area contributed by atoms with Crippen LogP contribution in [0.1, 0.15) is 42.3 Å². The molecule has 0 saturated carbocycles. The molecule has 0 saturated heterocycles. The molecule has 0 unspecified atom stereocenters. The van der Waals surface area contributed by atoms with Crippen LogP contribution < -0.4 is 14.4 Å². The second-order valence-electron chi connectivity index (χ2n) is 8.10. The predicted molar refractivity (Wildman–Crippen MR) is 124 cm³/mol. The summed E-state index contributed by atoms with van der Waals surface area (Å²) in [6.07, 6.45) is 0.565. The van der Waals surface area contributed by atoms with Crippen LogP contribution in [0, 0.1) is 0 Å². The van der Waals surface area contributed by atoms with Crippen LogP contribution in [0.25, 0.3) is 0 Å². The van der Waals surface area contributed by atoms with E-state index in [0.717, 1.165) is 46.0 Å². The molecule has 2 aliphatic heterocycles. The highest BCUT2D eigenvalue weighted by Crippen LogP contribution is 2.48. The monoisotopic (exact) mass is 413 g/mol. The molecule has 31 heavy (non-hydrogen) atoms. The van der Waals surface area contributed by atoms with Crippen molar-refractivity contribution in [3.63, 3.8) is 0 Å². The molecule has 5 rings (SSSR count). The van der Waals surface area contributed by atoms with Gasteiger partial charge in [-0.3, -0.25) is 0 Å². The number of hydrazone groups is 1. The Morgan fingerprint density at radius 1 is 1.03 bits per heavy atom. The van der Waals surface area contributed by atoms with Crippen LogP contribution >= 0.6 is 0 Å². The summed E-state index contributed by atoms with van der Waals surface area (Å²) >= 11 is 0. The van der Waals surface area contributed by atoms with Crippen molar-refractivity contribution in [3.05, 3.63) is 89.5 Å². The fraction of sp³-hybridized carbons (Fsp3) is 0.269. The average Bonchev–Trinajstić information content (AvgIpc) is 3.25. The molecule has 158 valence electrons. The minimum absolute atomic E-state index is 0.109. The maximum atomic E-state index is 6.50. The number of anilines is 1. The van der Waals surface area contributed by atoms with Gasteiger partial charge in [-0.05, 0) is 42.8 Å². The Kier molecular flexibility index (Phi) is 5.02. The summed E-state index contributed by atoms with van der Waals surface area (Å²) in [4.78, 5) is 2.10. The lowest BCUT2D eigenvalue weighted by molar-refractivity contribution is -0.0191. The van der Waals surface area contributed by atoms with E-state index in [1.54, 1.807) is 0 Å². The van der Waals surface area contributed by atoms with Crippen molar-refractivity contribution in [3.8, 4) is 11.5 Å². The van der Waals surface area contributed by atoms with Crippen LogP contribution in [-0.2, 0) is 0 Å². The zero-order valence-corrected chi connectivity index (χ0v) is 18.2. The molecular formula is C26H27N3O2. The van der Waals surface area contributed by atoms with Crippen LogP contribution in [0.4, 0.5) is 5.69 Å². The third kappa shape index (κ3) is 3.61. The van der Waals surface area contributed by atoms with Gasteiger partial charge in [0.2, 0.25) is 6.23 Å². The number of hydrogen-bond acceptors (Lipinski definition) is 5. The fourth-order valence-corrected chi connectivity index (χ4v) is 4.28. The van der Waals surface area contributed by atoms with Crippen molar-refractivity contribution >= 4 is 11.4 Å². The Bertz CT molecular complexity index is 1090. The van der Waals surface area contributed by atoms with E-state index in [-0.39, 0.29) is 12.3 Å². The van der Waals surface area contributed by atoms with Gasteiger partial charge < -0.3 is 14.4 Å². The highest BCUT2D eigenvalue weighted by atomic mass is 16.5. The van der Waals surface area contributed by atoms with E-state index < -0.39 is 0 Å². The van der Waals surface area contributed by atoms with Crippen LogP contribution in [-0.4, -0.2) is 31.4 Å². The number of ether oxygens (including phenoxy) is 2. The molecule has 2 aliphatic rings. The molecule has 2 heterocycles. The van der Waals surface area contributed by atoms with Crippen molar-refractivity contribution < 1.29 is 9.47 Å². The molecule has 0 spiro atoms. The van der Waals surface area contributed by atoms with E-state index in [2.05, 4.69) is 64.5 Å². The molecule has 3 aromatic rings. The highest BCUT2D eigenvalue weighted by molar-refractivity contribution is 6.01. The molecule has 0 amide bonds. The molecule has 0 aromatic heterocycles. The van der Waals surface area contributed by atoms with E-state index in [1.165, 1.54) is 0 Å². The topological polar surface area (TPSA) is 37.3 Å². The van der Waals surface area contributed by atoms with Crippen molar-refractivity contribution in [1.82, 2.24) is 5.01 Å². The Hall–Kier alpha value is -3.47. The van der Waals surface area contributed by atoms with E-state index in [1.807, 2.05) is 39.2 Å². The largest absolute Gasteiger partial charge is 0.494 e. The third-order valence-corrected chi connectivity index (χ3v) is 5.87. The van der Waals surface area contributed by atoms with E-state index in [4.69, 9.17) is 14.6 Å². The molecule has 0 aliphatic carbocycles. The minimum atomic E-state index is -0.270. The summed E-state index contributed by atoms with van der Waals surface area (Å²) in [5, 5.41) is 7.16. The van der Waals surface area contributed by atoms with Crippen molar-refractivity contribution in [1.29, 1.82) is 0 Å². The molecule has 5 heteroatoms. The zero-order chi connectivity index (χ0) is 21.4. The Labute approximate surface area is 183 Å². The SMILES string of the molecule is CCOc1ccc2c(c1)[C@@H]1CC(c3ccccc3)=NN1[C@H](c1ccc(N(C)C)cc1)O2. The maximum Gasteiger partial charge on any atom is 0.213 e. The maximum absolute atomic E-state index is 6.50. The summed E-state index contributed by atoms with van der Waals surface area (Å²) in [5.41, 5.74) is 5.61. The molecule has 3 aromatic carbocycles. The van der Waals surface area contributed by atoms with Gasteiger partial charge in [0.15, 0.2) is 0 Å². The van der Waals surface area contributed by atoms with Gasteiger partial charge in [0.1, 0.15) is 11.5 Å². The van der Waals surface area contributed by atoms with Crippen molar-refractivity contribution in [2.24, 2.45) is 5.10 Å². The number of benzene rings is 3. The summed E-state index contributed by atoms with van der Waals surface area (Å²) in [7, 11) is 4.09. The fourth-order valence-electron chi connectivity index (χ4n) is 4.28. The molecule has 2 atom stereocenters. The van der Waals surface area contributed by atoms with Gasteiger partial charge in [0.05, 0.1) is 18.4 Å². The number of nitrogens with zero attached hydrogens (tertiary/aromatic N) is 3. The number of fused-ring (bicyclic) bond motifs is 3. The van der Waals surface area contributed by atoms with E-state index >= 15 is 0 Å². The summed E-state index contributed by atoms with van der Waals surface area (Å²) < 4.78 is 12.3. The zero-order valence-electron chi connectivity index (χ0n) is 18.2. The normalized spacial score (nSPS) is 19.2. The van der Waals surface area contributed by atoms with Gasteiger partial charge in [0.25, 0.3) is 0 Å². The van der Waals surface area contributed by atoms with Gasteiger partial charge in [-0.25, -0.2) is 5.01 Å². The number of rotatable bonds is 5. The average molecular weight is 414 g/mol. The predicted octanol–water partition coefficient (Wildman–Crippen LogP) is 5.39. The molecule has 0 N–H and O–H groups in total. The lowest BCUT2D eigenvalue weighted by atomic mass is 9.95. The second-order valence-corrected chi connectivity index (χ2v) is 8.10. The van der Waals surface area contributed by atoms with E-state index in [0.29, 0.717) is 6.61 Å². The first-order chi connectivity index (χ1) is 15.1. The van der Waals surface area contributed by atoms with Crippen molar-refractivity contribution in [2.45, 2.75) is 25.6 Å². The first-order valence-electron chi connectivity index (χ1n) is 10.8. The Balaban J connectivity index is 1.56. The quantitative estimate of drug-likeness (QED) is 0.562. The van der Waals surface area contributed by atoms with Crippen LogP contribution in [0.2, 0.25) is 0 Å². The summed E-state index contributed by atoms with van der Waals surface area (Å²) in [6.45, 7) is 2.64. The Morgan fingerprint density at radius 3 is 2.52 bits per heavy atom. The van der Waals surface area contributed by atoms with Crippen molar-refractivity contribution in [2.75, 3.05) is 25.6 Å². The van der Waals surface area contributed by atoms with Gasteiger partial charge in [0, 0.05) is 37.3 Å². The van der Waals surface area contributed by atoms with Crippen LogP contribution in [0.15, 0.2) is 77.9 Å². The first kappa shape index (κ1) is 19.5. The van der Waals surface area contributed by atoms with Crippen LogP contribution in [0.3, 0.4) is 0 Å². The summed E-state index contributed by atoms with van der Waals surface area (Å²) in [6, 6.07) is 25.1. The lowest BCUT2D eigenvalue weighted by Gasteiger charge is -2.38. The van der Waals surface area contributed by atoms with Crippen LogP contribution in [0.5, 0.6) is 11.5 Å². The van der Waals surface area contributed by atoms with Gasteiger partial charge in [-0.15, -0.1) is 0 Å². The molecule has 5 nitrogen and oxygen atoms in total. The van der Waals surface area contributed by atoms with Gasteiger partial charge in [-0.1, -0.05) is 42.5 Å². The minimum Gasteiger partial charge on any atom is -0.494 e. The standard InChI is InChI=1S/C26H27N3O2/c1-4-30-21-14-15-25-22(16-21)24-17-23(18-8-6-5-7-9-18)27-29(24)26(31-25)19-10-12-20(13-11-19)28(2)3/h5-16,24,26H,4,17H2,1-3H3/t24-,26-/m0/s1. The third-order valence-electron chi connectivity index (χ3n) is 5.87. The van der Waals surface area contributed by atoms with E-state index in [9.17, 15) is 0 Å². The highest BCUT2D eigenvalue weighted by Gasteiger charge is 2.41. The molecule has 0 bridgehead atoms. The first-order valence-corrected chi connectivity index (χ1v) is 10.8. The smallest absolute Gasteiger partial charge is 0.213 e. The Morgan fingerprint density at radius 2 is 1.81 bits per heavy atom.